The van der Waals surface area contributed by atoms with Crippen molar-refractivity contribution in [3.8, 4) is 0 Å². The second-order valence-corrected chi connectivity index (χ2v) is 4.15. The smallest absolute Gasteiger partial charge is 0.325 e. The van der Waals surface area contributed by atoms with Crippen LogP contribution in [0.4, 0.5) is 5.69 Å². The van der Waals surface area contributed by atoms with Crippen LogP contribution in [0.3, 0.4) is 0 Å². The number of amides is 1. The standard InChI is InChI=1S/C12H19N3O3/c1-4-18-11(16)6-14-12(17)10-5-9(13)7-15(10)8(2)3/h5,7-8H,4,6,13H2,1-3H3,(H,14,17). The average Bonchev–Trinajstić information content (AvgIpc) is 2.69. The molecule has 18 heavy (non-hydrogen) atoms. The van der Waals surface area contributed by atoms with Crippen LogP contribution in [0.2, 0.25) is 0 Å². The highest BCUT2D eigenvalue weighted by Gasteiger charge is 2.15. The van der Waals surface area contributed by atoms with Crippen LogP contribution in [0.25, 0.3) is 0 Å². The molecule has 0 fully saturated rings. The number of nitrogens with two attached hydrogens (primary N) is 1. The lowest BCUT2D eigenvalue weighted by molar-refractivity contribution is -0.141. The molecule has 0 aliphatic rings. The van der Waals surface area contributed by atoms with E-state index < -0.39 is 5.97 Å². The molecule has 3 N–H and O–H groups in total. The van der Waals surface area contributed by atoms with E-state index in [0.717, 1.165) is 0 Å². The highest BCUT2D eigenvalue weighted by atomic mass is 16.5. The highest BCUT2D eigenvalue weighted by molar-refractivity contribution is 5.95. The van der Waals surface area contributed by atoms with Gasteiger partial charge in [0, 0.05) is 12.2 Å². The Balaban J connectivity index is 2.69. The summed E-state index contributed by atoms with van der Waals surface area (Å²) < 4.78 is 6.49. The SMILES string of the molecule is CCOC(=O)CNC(=O)c1cc(N)cn1C(C)C. The maximum atomic E-state index is 11.9. The highest BCUT2D eigenvalue weighted by Crippen LogP contribution is 2.16. The van der Waals surface area contributed by atoms with Gasteiger partial charge >= 0.3 is 5.97 Å². The van der Waals surface area contributed by atoms with Gasteiger partial charge in [0.2, 0.25) is 0 Å². The first-order valence-corrected chi connectivity index (χ1v) is 5.86. The van der Waals surface area contributed by atoms with Crippen molar-refractivity contribution in [1.29, 1.82) is 0 Å². The quantitative estimate of drug-likeness (QED) is 0.765. The van der Waals surface area contributed by atoms with Crippen molar-refractivity contribution in [3.63, 3.8) is 0 Å². The summed E-state index contributed by atoms with van der Waals surface area (Å²) in [5.41, 5.74) is 6.62. The molecule has 1 amide bonds. The number of nitrogens with zero attached hydrogens (tertiary/aromatic N) is 1. The average molecular weight is 253 g/mol. The predicted octanol–water partition coefficient (Wildman–Crippen LogP) is 0.944. The molecule has 1 heterocycles. The molecule has 6 nitrogen and oxygen atoms in total. The summed E-state index contributed by atoms with van der Waals surface area (Å²) in [5.74, 6) is -0.796. The first kappa shape index (κ1) is 14.1. The number of nitrogens with one attached hydrogen (secondary N) is 1. The van der Waals surface area contributed by atoms with Crippen molar-refractivity contribution in [1.82, 2.24) is 9.88 Å². The van der Waals surface area contributed by atoms with E-state index in [9.17, 15) is 9.59 Å². The molecule has 0 aliphatic heterocycles. The largest absolute Gasteiger partial charge is 0.465 e. The molecule has 0 aromatic carbocycles. The molecular weight excluding hydrogens is 234 g/mol. The summed E-state index contributed by atoms with van der Waals surface area (Å²) >= 11 is 0. The molecular formula is C12H19N3O3. The molecule has 0 atom stereocenters. The third-order valence-electron chi connectivity index (χ3n) is 2.36. The van der Waals surface area contributed by atoms with Crippen LogP contribution >= 0.6 is 0 Å². The number of carbonyl (C=O) groups excluding carboxylic acids is 2. The fraction of sp³-hybridized carbons (Fsp3) is 0.500. The fourth-order valence-electron chi connectivity index (χ4n) is 1.56. The molecule has 0 bridgehead atoms. The van der Waals surface area contributed by atoms with Gasteiger partial charge in [-0.3, -0.25) is 9.59 Å². The van der Waals surface area contributed by atoms with Crippen LogP contribution in [0.1, 0.15) is 37.3 Å². The Hall–Kier alpha value is -1.98. The summed E-state index contributed by atoms with van der Waals surface area (Å²) in [6.45, 7) is 5.76. The molecule has 0 radical (unpaired) electrons. The molecule has 6 heteroatoms. The Morgan fingerprint density at radius 2 is 2.17 bits per heavy atom. The Labute approximate surface area is 106 Å². The van der Waals surface area contributed by atoms with Crippen molar-refractivity contribution in [2.75, 3.05) is 18.9 Å². The van der Waals surface area contributed by atoms with Gasteiger partial charge < -0.3 is 20.4 Å². The van der Waals surface area contributed by atoms with E-state index in [1.54, 1.807) is 23.8 Å². The normalized spacial score (nSPS) is 10.4. The van der Waals surface area contributed by atoms with Gasteiger partial charge in [0.1, 0.15) is 12.2 Å². The van der Waals surface area contributed by atoms with E-state index in [1.807, 2.05) is 13.8 Å². The van der Waals surface area contributed by atoms with E-state index >= 15 is 0 Å². The van der Waals surface area contributed by atoms with Gasteiger partial charge in [-0.1, -0.05) is 0 Å². The zero-order chi connectivity index (χ0) is 13.7. The van der Waals surface area contributed by atoms with Crippen molar-refractivity contribution in [3.05, 3.63) is 18.0 Å². The van der Waals surface area contributed by atoms with Crippen LogP contribution in [-0.2, 0) is 9.53 Å². The lowest BCUT2D eigenvalue weighted by atomic mass is 10.3. The Bertz CT molecular complexity index is 438. The van der Waals surface area contributed by atoms with Crippen molar-refractivity contribution in [2.24, 2.45) is 0 Å². The van der Waals surface area contributed by atoms with Gasteiger partial charge in [-0.15, -0.1) is 0 Å². The Morgan fingerprint density at radius 1 is 1.50 bits per heavy atom. The third kappa shape index (κ3) is 3.51. The predicted molar refractivity (Wildman–Crippen MR) is 68.2 cm³/mol. The van der Waals surface area contributed by atoms with Gasteiger partial charge in [0.05, 0.1) is 12.3 Å². The number of ether oxygens (including phenoxy) is 1. The summed E-state index contributed by atoms with van der Waals surface area (Å²) in [6, 6.07) is 1.70. The number of nitrogen functional groups attached to an aromatic ring is 1. The van der Waals surface area contributed by atoms with Crippen molar-refractivity contribution >= 4 is 17.6 Å². The molecule has 0 saturated carbocycles. The van der Waals surface area contributed by atoms with Gasteiger partial charge in [0.15, 0.2) is 0 Å². The van der Waals surface area contributed by atoms with E-state index in [4.69, 9.17) is 10.5 Å². The minimum absolute atomic E-state index is 0.116. The number of anilines is 1. The summed E-state index contributed by atoms with van der Waals surface area (Å²) in [6.07, 6.45) is 1.70. The minimum atomic E-state index is -0.457. The van der Waals surface area contributed by atoms with Crippen molar-refractivity contribution < 1.29 is 14.3 Å². The van der Waals surface area contributed by atoms with Crippen LogP contribution in [0, 0.1) is 0 Å². The van der Waals surface area contributed by atoms with E-state index in [1.165, 1.54) is 0 Å². The Kier molecular flexibility index (Phi) is 4.76. The van der Waals surface area contributed by atoms with Crippen molar-refractivity contribution in [2.45, 2.75) is 26.8 Å². The molecule has 100 valence electrons. The van der Waals surface area contributed by atoms with E-state index in [0.29, 0.717) is 18.0 Å². The number of hydrogen-bond donors (Lipinski definition) is 2. The third-order valence-corrected chi connectivity index (χ3v) is 2.36. The second kappa shape index (κ2) is 6.09. The van der Waals surface area contributed by atoms with E-state index in [-0.39, 0.29) is 18.5 Å². The zero-order valence-corrected chi connectivity index (χ0v) is 10.9. The number of rotatable bonds is 5. The van der Waals surface area contributed by atoms with Gasteiger partial charge in [0.25, 0.3) is 5.91 Å². The maximum absolute atomic E-state index is 11.9. The first-order valence-electron chi connectivity index (χ1n) is 5.86. The summed E-state index contributed by atoms with van der Waals surface area (Å²) in [7, 11) is 0. The Morgan fingerprint density at radius 3 is 2.72 bits per heavy atom. The lowest BCUT2D eigenvalue weighted by Crippen LogP contribution is -2.32. The van der Waals surface area contributed by atoms with Gasteiger partial charge in [-0.25, -0.2) is 0 Å². The molecule has 1 aromatic heterocycles. The summed E-state index contributed by atoms with van der Waals surface area (Å²) in [5, 5.41) is 2.50. The molecule has 1 rings (SSSR count). The van der Waals surface area contributed by atoms with Crippen LogP contribution in [0.5, 0.6) is 0 Å². The topological polar surface area (TPSA) is 86.3 Å². The molecule has 0 unspecified atom stereocenters. The zero-order valence-electron chi connectivity index (χ0n) is 10.9. The van der Waals surface area contributed by atoms with E-state index in [2.05, 4.69) is 5.32 Å². The molecule has 1 aromatic rings. The fourth-order valence-corrected chi connectivity index (χ4v) is 1.56. The number of esters is 1. The first-order chi connectivity index (χ1) is 8.45. The number of aromatic nitrogens is 1. The van der Waals surface area contributed by atoms with Gasteiger partial charge in [-0.2, -0.15) is 0 Å². The summed E-state index contributed by atoms with van der Waals surface area (Å²) in [4.78, 5) is 23.0. The van der Waals surface area contributed by atoms with Crippen LogP contribution in [-0.4, -0.2) is 29.6 Å². The molecule has 0 saturated heterocycles. The maximum Gasteiger partial charge on any atom is 0.325 e. The number of hydrogen-bond acceptors (Lipinski definition) is 4. The number of carbonyl (C=O) groups is 2. The van der Waals surface area contributed by atoms with Gasteiger partial charge in [-0.05, 0) is 26.8 Å². The minimum Gasteiger partial charge on any atom is -0.465 e. The second-order valence-electron chi connectivity index (χ2n) is 4.15. The molecule has 0 spiro atoms. The van der Waals surface area contributed by atoms with Crippen LogP contribution in [0.15, 0.2) is 12.3 Å². The lowest BCUT2D eigenvalue weighted by Gasteiger charge is -2.12. The molecule has 0 aliphatic carbocycles. The van der Waals surface area contributed by atoms with Crippen LogP contribution < -0.4 is 11.1 Å². The monoisotopic (exact) mass is 253 g/mol.